The maximum Gasteiger partial charge on any atom is 0.209 e. The highest BCUT2D eigenvalue weighted by Crippen LogP contribution is 2.25. The number of aromatic nitrogens is 3. The molecule has 4 heterocycles. The van der Waals surface area contributed by atoms with Gasteiger partial charge in [-0.15, -0.1) is 0 Å². The maximum absolute atomic E-state index is 10.7. The average molecular weight is 539 g/mol. The number of piperazine rings is 1. The molecule has 1 unspecified atom stereocenters. The smallest absolute Gasteiger partial charge is 0.209 e. The van der Waals surface area contributed by atoms with E-state index in [4.69, 9.17) is 11.6 Å². The van der Waals surface area contributed by atoms with E-state index < -0.39 is 5.60 Å². The molecule has 0 bridgehead atoms. The Labute approximate surface area is 230 Å². The number of rotatable bonds is 3. The molecule has 0 saturated carbocycles. The molecule has 1 amide bonds. The fraction of sp³-hybridized carbons (Fsp3) is 0.483. The minimum Gasteiger partial charge on any atom is -0.386 e. The summed E-state index contributed by atoms with van der Waals surface area (Å²) < 4.78 is 1.88. The topological polar surface area (TPSA) is 95.3 Å². The lowest BCUT2D eigenvalue weighted by atomic mass is 9.93. The summed E-state index contributed by atoms with van der Waals surface area (Å²) in [6.45, 7) is 8.12. The lowest BCUT2D eigenvalue weighted by molar-refractivity contribution is -0.125. The van der Waals surface area contributed by atoms with E-state index in [1.54, 1.807) is 11.2 Å². The van der Waals surface area contributed by atoms with E-state index >= 15 is 0 Å². The number of aryl methyl sites for hydroxylation is 3. The molecular formula is C29H39ClN6O2. The number of carbonyl (C=O) groups excluding carboxylic acids is 1. The standard InChI is InChI=1S/C14H12ClN.C11H17N3O2.C4H10N2/c15-13-6-5-12-9-14-10(2-1-7-16-14)3-4-11(12)8-13;1-10-5-14(8-12-10)7-11(16)3-2-4-13(6-11)9-15;1-2-6-4-3-5-1/h1-2,5-8H,3-4,9H2;5,8-9,16H,2-4,6-7H2,1H3;5-6H,1-4H2. The highest BCUT2D eigenvalue weighted by atomic mass is 35.5. The summed E-state index contributed by atoms with van der Waals surface area (Å²) in [5.41, 5.74) is 5.43. The van der Waals surface area contributed by atoms with Crippen molar-refractivity contribution >= 4 is 18.0 Å². The van der Waals surface area contributed by atoms with Gasteiger partial charge < -0.3 is 25.2 Å². The van der Waals surface area contributed by atoms with Gasteiger partial charge in [0, 0.05) is 62.3 Å². The first-order valence-electron chi connectivity index (χ1n) is 13.5. The monoisotopic (exact) mass is 538 g/mol. The molecule has 9 heteroatoms. The zero-order valence-electron chi connectivity index (χ0n) is 22.2. The van der Waals surface area contributed by atoms with E-state index in [-0.39, 0.29) is 0 Å². The molecule has 38 heavy (non-hydrogen) atoms. The number of pyridine rings is 1. The summed E-state index contributed by atoms with van der Waals surface area (Å²) in [6.07, 6.45) is 10.9. The molecule has 0 spiro atoms. The van der Waals surface area contributed by atoms with Crippen LogP contribution in [-0.2, 0) is 30.6 Å². The molecule has 6 rings (SSSR count). The number of nitrogens with zero attached hydrogens (tertiary/aromatic N) is 4. The molecule has 3 N–H and O–H groups in total. The summed E-state index contributed by atoms with van der Waals surface area (Å²) in [5, 5.41) is 17.7. The minimum absolute atomic E-state index is 0.410. The predicted octanol–water partition coefficient (Wildman–Crippen LogP) is 2.78. The van der Waals surface area contributed by atoms with Crippen molar-refractivity contribution in [3.05, 3.63) is 82.2 Å². The Morgan fingerprint density at radius 3 is 2.53 bits per heavy atom. The third-order valence-electron chi connectivity index (χ3n) is 7.10. The van der Waals surface area contributed by atoms with Crippen LogP contribution in [0.25, 0.3) is 0 Å². The van der Waals surface area contributed by atoms with Crippen molar-refractivity contribution < 1.29 is 9.90 Å². The third-order valence-corrected chi connectivity index (χ3v) is 7.34. The fourth-order valence-corrected chi connectivity index (χ4v) is 5.37. The molecule has 1 aliphatic carbocycles. The van der Waals surface area contributed by atoms with Gasteiger partial charge in [0.15, 0.2) is 0 Å². The molecule has 2 aromatic heterocycles. The Morgan fingerprint density at radius 2 is 1.84 bits per heavy atom. The molecular weight excluding hydrogens is 500 g/mol. The van der Waals surface area contributed by atoms with Crippen LogP contribution in [0.2, 0.25) is 5.02 Å². The van der Waals surface area contributed by atoms with Crippen LogP contribution >= 0.6 is 11.6 Å². The first-order valence-corrected chi connectivity index (χ1v) is 13.8. The van der Waals surface area contributed by atoms with Crippen LogP contribution in [0.3, 0.4) is 0 Å². The van der Waals surface area contributed by atoms with E-state index in [9.17, 15) is 9.90 Å². The van der Waals surface area contributed by atoms with E-state index in [1.807, 2.05) is 36.0 Å². The summed E-state index contributed by atoms with van der Waals surface area (Å²) in [7, 11) is 0. The number of likely N-dealkylation sites (tertiary alicyclic amines) is 1. The normalized spacial score (nSPS) is 20.4. The van der Waals surface area contributed by atoms with Crippen molar-refractivity contribution in [1.82, 2.24) is 30.1 Å². The predicted molar refractivity (Wildman–Crippen MR) is 150 cm³/mol. The number of piperidine rings is 1. The van der Waals surface area contributed by atoms with Crippen LogP contribution in [0.4, 0.5) is 0 Å². The van der Waals surface area contributed by atoms with E-state index in [2.05, 4.69) is 38.8 Å². The van der Waals surface area contributed by atoms with Gasteiger partial charge >= 0.3 is 0 Å². The van der Waals surface area contributed by atoms with Crippen molar-refractivity contribution in [2.45, 2.75) is 51.2 Å². The van der Waals surface area contributed by atoms with Crippen molar-refractivity contribution in [3.8, 4) is 0 Å². The minimum atomic E-state index is -0.813. The summed E-state index contributed by atoms with van der Waals surface area (Å²) in [4.78, 5) is 20.9. The van der Waals surface area contributed by atoms with Gasteiger partial charge in [0.2, 0.25) is 6.41 Å². The second kappa shape index (κ2) is 13.8. The number of amides is 1. The Balaban J connectivity index is 0.000000146. The SMILES string of the molecule is C1CNCCN1.Cc1cn(CC2(O)CCCN(C=O)C2)cn1.Clc1ccc2c(c1)CCc1cccnc1C2. The number of benzene rings is 1. The molecule has 204 valence electrons. The number of fused-ring (bicyclic) bond motifs is 2. The number of aliphatic hydroxyl groups is 1. The van der Waals surface area contributed by atoms with E-state index in [0.29, 0.717) is 13.1 Å². The molecule has 1 atom stereocenters. The Bertz CT molecular complexity index is 1170. The quantitative estimate of drug-likeness (QED) is 0.444. The van der Waals surface area contributed by atoms with Crippen molar-refractivity contribution in [1.29, 1.82) is 0 Å². The number of carbonyl (C=O) groups is 1. The van der Waals surface area contributed by atoms with Crippen LogP contribution in [0.15, 0.2) is 49.1 Å². The maximum atomic E-state index is 10.7. The number of nitrogens with one attached hydrogen (secondary N) is 2. The number of hydrogen-bond acceptors (Lipinski definition) is 6. The van der Waals surface area contributed by atoms with Gasteiger partial charge in [0.1, 0.15) is 5.60 Å². The fourth-order valence-electron chi connectivity index (χ4n) is 5.18. The molecule has 2 saturated heterocycles. The number of halogens is 1. The Hall–Kier alpha value is -2.78. The Kier molecular flexibility index (Phi) is 10.3. The van der Waals surface area contributed by atoms with Gasteiger partial charge in [-0.25, -0.2) is 4.98 Å². The Morgan fingerprint density at radius 1 is 1.08 bits per heavy atom. The largest absolute Gasteiger partial charge is 0.386 e. The zero-order chi connectivity index (χ0) is 26.8. The molecule has 2 fully saturated rings. The van der Waals surface area contributed by atoms with Crippen LogP contribution in [0, 0.1) is 6.92 Å². The lowest BCUT2D eigenvalue weighted by Gasteiger charge is -2.37. The van der Waals surface area contributed by atoms with Gasteiger partial charge in [-0.1, -0.05) is 23.7 Å². The van der Waals surface area contributed by atoms with E-state index in [0.717, 1.165) is 82.0 Å². The summed E-state index contributed by atoms with van der Waals surface area (Å²) in [6, 6.07) is 10.4. The number of imidazole rings is 1. The summed E-state index contributed by atoms with van der Waals surface area (Å²) >= 11 is 6.03. The number of β-amino-alcohol motifs (C(OH)–C–C–N with tert-alkyl or cyclic N) is 1. The average Bonchev–Trinajstić information content (AvgIpc) is 3.24. The molecule has 8 nitrogen and oxygen atoms in total. The first-order chi connectivity index (χ1) is 18.4. The van der Waals surface area contributed by atoms with Gasteiger partial charge in [-0.2, -0.15) is 0 Å². The zero-order valence-corrected chi connectivity index (χ0v) is 23.0. The highest BCUT2D eigenvalue weighted by molar-refractivity contribution is 6.30. The molecule has 0 radical (unpaired) electrons. The molecule has 2 aliphatic heterocycles. The van der Waals surface area contributed by atoms with Crippen molar-refractivity contribution in [2.24, 2.45) is 0 Å². The molecule has 1 aromatic carbocycles. The molecule has 3 aliphatic rings. The lowest BCUT2D eigenvalue weighted by Crippen LogP contribution is -2.49. The van der Waals surface area contributed by atoms with Gasteiger partial charge in [0.25, 0.3) is 0 Å². The van der Waals surface area contributed by atoms with Crippen molar-refractivity contribution in [2.75, 3.05) is 39.3 Å². The highest BCUT2D eigenvalue weighted by Gasteiger charge is 2.33. The third kappa shape index (κ3) is 8.36. The van der Waals surface area contributed by atoms with Crippen LogP contribution in [0.5, 0.6) is 0 Å². The first kappa shape index (κ1) is 28.2. The van der Waals surface area contributed by atoms with E-state index in [1.165, 1.54) is 22.4 Å². The molecule has 3 aromatic rings. The van der Waals surface area contributed by atoms with Crippen LogP contribution in [-0.4, -0.2) is 75.8 Å². The van der Waals surface area contributed by atoms with Gasteiger partial charge in [0.05, 0.1) is 25.1 Å². The van der Waals surface area contributed by atoms with Gasteiger partial charge in [-0.3, -0.25) is 9.78 Å². The van der Waals surface area contributed by atoms with Crippen molar-refractivity contribution in [3.63, 3.8) is 0 Å². The number of hydrogen-bond donors (Lipinski definition) is 3. The van der Waals surface area contributed by atoms with Gasteiger partial charge in [-0.05, 0) is 67.5 Å². The second-order valence-electron chi connectivity index (χ2n) is 10.3. The van der Waals surface area contributed by atoms with Crippen LogP contribution < -0.4 is 10.6 Å². The second-order valence-corrected chi connectivity index (χ2v) is 10.7. The van der Waals surface area contributed by atoms with Crippen LogP contribution in [0.1, 0.15) is 40.9 Å². The summed E-state index contributed by atoms with van der Waals surface area (Å²) in [5.74, 6) is 0.